The van der Waals surface area contributed by atoms with Gasteiger partial charge >= 0.3 is 5.97 Å². The first kappa shape index (κ1) is 14.7. The van der Waals surface area contributed by atoms with Crippen molar-refractivity contribution in [3.05, 3.63) is 59.7 Å². The van der Waals surface area contributed by atoms with Crippen molar-refractivity contribution in [3.63, 3.8) is 0 Å². The van der Waals surface area contributed by atoms with Gasteiger partial charge in [0.15, 0.2) is 11.5 Å². The maximum atomic E-state index is 12.2. The molecule has 21 heavy (non-hydrogen) atoms. The van der Waals surface area contributed by atoms with E-state index >= 15 is 0 Å². The van der Waals surface area contributed by atoms with Gasteiger partial charge in [-0.1, -0.05) is 30.4 Å². The number of methoxy groups -OCH3 is 1. The van der Waals surface area contributed by atoms with E-state index in [-0.39, 0.29) is 11.5 Å². The number of phenols is 1. The predicted octanol–water partition coefficient (Wildman–Crippen LogP) is 3.65. The van der Waals surface area contributed by atoms with Crippen LogP contribution >= 0.6 is 0 Å². The van der Waals surface area contributed by atoms with E-state index in [4.69, 9.17) is 9.47 Å². The number of carbonyl (C=O) groups is 1. The maximum absolute atomic E-state index is 12.2. The lowest BCUT2D eigenvalue weighted by Gasteiger charge is -2.09. The molecule has 0 saturated heterocycles. The Morgan fingerprint density at radius 2 is 1.90 bits per heavy atom. The van der Waals surface area contributed by atoms with Crippen molar-refractivity contribution in [1.82, 2.24) is 0 Å². The zero-order chi connectivity index (χ0) is 15.2. The van der Waals surface area contributed by atoms with E-state index in [0.29, 0.717) is 11.3 Å². The smallest absolute Gasteiger partial charge is 0.343 e. The van der Waals surface area contributed by atoms with Crippen molar-refractivity contribution in [3.8, 4) is 17.2 Å². The van der Waals surface area contributed by atoms with E-state index in [1.165, 1.54) is 25.3 Å². The van der Waals surface area contributed by atoms with Gasteiger partial charge in [-0.3, -0.25) is 0 Å². The molecule has 2 aromatic rings. The molecule has 0 unspecified atom stereocenters. The van der Waals surface area contributed by atoms with Crippen LogP contribution in [0.25, 0.3) is 6.08 Å². The van der Waals surface area contributed by atoms with Gasteiger partial charge in [-0.05, 0) is 31.2 Å². The average molecular weight is 284 g/mol. The molecule has 0 aromatic heterocycles. The van der Waals surface area contributed by atoms with E-state index in [2.05, 4.69) is 0 Å². The van der Waals surface area contributed by atoms with Crippen LogP contribution in [0.15, 0.2) is 48.5 Å². The minimum atomic E-state index is -0.509. The van der Waals surface area contributed by atoms with Crippen molar-refractivity contribution in [2.24, 2.45) is 0 Å². The first-order valence-electron chi connectivity index (χ1n) is 6.46. The third kappa shape index (κ3) is 3.42. The van der Waals surface area contributed by atoms with Crippen LogP contribution in [0.4, 0.5) is 0 Å². The fourth-order valence-corrected chi connectivity index (χ4v) is 1.85. The summed E-state index contributed by atoms with van der Waals surface area (Å²) >= 11 is 0. The van der Waals surface area contributed by atoms with E-state index in [1.54, 1.807) is 12.1 Å². The van der Waals surface area contributed by atoms with Crippen molar-refractivity contribution in [2.75, 3.05) is 7.11 Å². The van der Waals surface area contributed by atoms with Gasteiger partial charge in [0.1, 0.15) is 5.75 Å². The lowest BCUT2D eigenvalue weighted by molar-refractivity contribution is 0.0734. The molecule has 1 N–H and O–H groups in total. The first-order valence-corrected chi connectivity index (χ1v) is 6.46. The molecule has 0 bridgehead atoms. The van der Waals surface area contributed by atoms with Gasteiger partial charge in [0.25, 0.3) is 0 Å². The molecule has 0 atom stereocenters. The van der Waals surface area contributed by atoms with Crippen molar-refractivity contribution in [1.29, 1.82) is 0 Å². The van der Waals surface area contributed by atoms with Crippen LogP contribution in [-0.2, 0) is 0 Å². The molecule has 0 amide bonds. The standard InChI is InChI=1S/C17H16O4/c1-3-6-12-7-4-5-8-15(12)21-17(19)13-9-10-14(18)16(11-13)20-2/h3-11,18H,1-2H3. The van der Waals surface area contributed by atoms with E-state index in [1.807, 2.05) is 31.2 Å². The molecule has 4 heteroatoms. The van der Waals surface area contributed by atoms with Gasteiger partial charge in [-0.25, -0.2) is 4.79 Å². The summed E-state index contributed by atoms with van der Waals surface area (Å²) in [6.07, 6.45) is 3.73. The summed E-state index contributed by atoms with van der Waals surface area (Å²) in [6, 6.07) is 11.6. The molecule has 4 nitrogen and oxygen atoms in total. The highest BCUT2D eigenvalue weighted by atomic mass is 16.5. The minimum absolute atomic E-state index is 0.0247. The molecule has 2 aromatic carbocycles. The van der Waals surface area contributed by atoms with Crippen LogP contribution < -0.4 is 9.47 Å². The maximum Gasteiger partial charge on any atom is 0.343 e. The highest BCUT2D eigenvalue weighted by molar-refractivity contribution is 5.92. The lowest BCUT2D eigenvalue weighted by atomic mass is 10.1. The fraction of sp³-hybridized carbons (Fsp3) is 0.118. The summed E-state index contributed by atoms with van der Waals surface area (Å²) in [4.78, 5) is 12.2. The molecule has 0 aliphatic carbocycles. The number of rotatable bonds is 4. The summed E-state index contributed by atoms with van der Waals surface area (Å²) in [5.74, 6) is 0.174. The number of phenolic OH excluding ortho intramolecular Hbond substituents is 1. The average Bonchev–Trinajstić information content (AvgIpc) is 2.50. The molecule has 0 spiro atoms. The monoisotopic (exact) mass is 284 g/mol. The largest absolute Gasteiger partial charge is 0.504 e. The van der Waals surface area contributed by atoms with E-state index in [0.717, 1.165) is 5.56 Å². The Bertz CT molecular complexity index is 674. The number of allylic oxidation sites excluding steroid dienone is 1. The second-order valence-corrected chi connectivity index (χ2v) is 4.31. The van der Waals surface area contributed by atoms with Gasteiger partial charge < -0.3 is 14.6 Å². The minimum Gasteiger partial charge on any atom is -0.504 e. The van der Waals surface area contributed by atoms with Crippen LogP contribution in [0.2, 0.25) is 0 Å². The summed E-state index contributed by atoms with van der Waals surface area (Å²) in [5, 5.41) is 9.53. The van der Waals surface area contributed by atoms with Crippen LogP contribution in [0, 0.1) is 0 Å². The molecule has 0 aliphatic heterocycles. The third-order valence-corrected chi connectivity index (χ3v) is 2.88. The summed E-state index contributed by atoms with van der Waals surface area (Å²) in [6.45, 7) is 1.89. The highest BCUT2D eigenvalue weighted by Crippen LogP contribution is 2.27. The van der Waals surface area contributed by atoms with Crippen LogP contribution in [0.3, 0.4) is 0 Å². The summed E-state index contributed by atoms with van der Waals surface area (Å²) in [7, 11) is 1.42. The van der Waals surface area contributed by atoms with Gasteiger partial charge in [-0.15, -0.1) is 0 Å². The summed E-state index contributed by atoms with van der Waals surface area (Å²) < 4.78 is 10.4. The Hall–Kier alpha value is -2.75. The number of carbonyl (C=O) groups excluding carboxylic acids is 1. The first-order chi connectivity index (χ1) is 10.2. The van der Waals surface area contributed by atoms with E-state index in [9.17, 15) is 9.90 Å². The Morgan fingerprint density at radius 3 is 2.62 bits per heavy atom. The predicted molar refractivity (Wildman–Crippen MR) is 80.8 cm³/mol. The van der Waals surface area contributed by atoms with Gasteiger partial charge in [0.05, 0.1) is 12.7 Å². The molecule has 0 aliphatic rings. The van der Waals surface area contributed by atoms with Crippen molar-refractivity contribution < 1.29 is 19.4 Å². The van der Waals surface area contributed by atoms with Gasteiger partial charge in [-0.2, -0.15) is 0 Å². The van der Waals surface area contributed by atoms with Crippen LogP contribution in [-0.4, -0.2) is 18.2 Å². The zero-order valence-corrected chi connectivity index (χ0v) is 11.9. The Morgan fingerprint density at radius 1 is 1.14 bits per heavy atom. The van der Waals surface area contributed by atoms with E-state index < -0.39 is 5.97 Å². The molecule has 108 valence electrons. The SMILES string of the molecule is CC=Cc1ccccc1OC(=O)c1ccc(O)c(OC)c1. The second kappa shape index (κ2) is 6.61. The number of esters is 1. The number of para-hydroxylation sites is 1. The van der Waals surface area contributed by atoms with Crippen molar-refractivity contribution in [2.45, 2.75) is 6.92 Å². The topological polar surface area (TPSA) is 55.8 Å². The number of ether oxygens (including phenoxy) is 2. The summed E-state index contributed by atoms with van der Waals surface area (Å²) in [5.41, 5.74) is 1.12. The number of hydrogen-bond donors (Lipinski definition) is 1. The molecular weight excluding hydrogens is 268 g/mol. The molecule has 0 fully saturated rings. The Labute approximate surface area is 123 Å². The molecular formula is C17H16O4. The fourth-order valence-electron chi connectivity index (χ4n) is 1.85. The van der Waals surface area contributed by atoms with Gasteiger partial charge in [0, 0.05) is 5.56 Å². The van der Waals surface area contributed by atoms with Crippen LogP contribution in [0.5, 0.6) is 17.2 Å². The second-order valence-electron chi connectivity index (χ2n) is 4.31. The molecule has 2 rings (SSSR count). The Balaban J connectivity index is 2.26. The number of benzene rings is 2. The quantitative estimate of drug-likeness (QED) is 0.687. The molecule has 0 radical (unpaired) electrons. The van der Waals surface area contributed by atoms with Gasteiger partial charge in [0.2, 0.25) is 0 Å². The lowest BCUT2D eigenvalue weighted by Crippen LogP contribution is -2.09. The highest BCUT2D eigenvalue weighted by Gasteiger charge is 2.13. The zero-order valence-electron chi connectivity index (χ0n) is 11.9. The number of hydrogen-bond acceptors (Lipinski definition) is 4. The molecule has 0 saturated carbocycles. The molecule has 0 heterocycles. The van der Waals surface area contributed by atoms with Crippen molar-refractivity contribution >= 4 is 12.0 Å². The third-order valence-electron chi connectivity index (χ3n) is 2.88. The number of aromatic hydroxyl groups is 1. The normalized spacial score (nSPS) is 10.6. The van der Waals surface area contributed by atoms with Crippen LogP contribution in [0.1, 0.15) is 22.8 Å². The Kier molecular flexibility index (Phi) is 4.61.